The lowest BCUT2D eigenvalue weighted by Gasteiger charge is -2.38. The van der Waals surface area contributed by atoms with Crippen molar-refractivity contribution in [2.45, 2.75) is 37.5 Å². The molecule has 3 nitrogen and oxygen atoms in total. The van der Waals surface area contributed by atoms with E-state index in [4.69, 9.17) is 4.74 Å². The number of carbonyl (C=O) groups is 1. The van der Waals surface area contributed by atoms with Crippen LogP contribution in [0.2, 0.25) is 0 Å². The predicted molar refractivity (Wildman–Crippen MR) is 87.6 cm³/mol. The normalized spacial score (nSPS) is 23.4. The summed E-state index contributed by atoms with van der Waals surface area (Å²) in [7, 11) is 0. The molecule has 4 heteroatoms. The van der Waals surface area contributed by atoms with E-state index in [-0.39, 0.29) is 23.1 Å². The predicted octanol–water partition coefficient (Wildman–Crippen LogP) is 3.35. The Kier molecular flexibility index (Phi) is 5.11. The van der Waals surface area contributed by atoms with Crippen LogP contribution < -0.4 is 5.32 Å². The van der Waals surface area contributed by atoms with Gasteiger partial charge in [-0.2, -0.15) is 0 Å². The van der Waals surface area contributed by atoms with Crippen molar-refractivity contribution >= 4 is 5.91 Å². The van der Waals surface area contributed by atoms with Gasteiger partial charge >= 0.3 is 0 Å². The van der Waals surface area contributed by atoms with Crippen molar-refractivity contribution in [1.29, 1.82) is 0 Å². The molecule has 1 atom stereocenters. The van der Waals surface area contributed by atoms with E-state index in [2.05, 4.69) is 17.5 Å². The summed E-state index contributed by atoms with van der Waals surface area (Å²) in [6, 6.07) is 6.77. The van der Waals surface area contributed by atoms with Gasteiger partial charge in [-0.15, -0.1) is 0 Å². The highest BCUT2D eigenvalue weighted by Gasteiger charge is 2.35. The molecule has 0 saturated carbocycles. The summed E-state index contributed by atoms with van der Waals surface area (Å²) in [5.41, 5.74) is 0.741. The van der Waals surface area contributed by atoms with Crippen molar-refractivity contribution in [2.75, 3.05) is 19.8 Å². The summed E-state index contributed by atoms with van der Waals surface area (Å²) < 4.78 is 19.1. The van der Waals surface area contributed by atoms with Gasteiger partial charge in [0.2, 0.25) is 5.91 Å². The van der Waals surface area contributed by atoms with E-state index >= 15 is 0 Å². The van der Waals surface area contributed by atoms with E-state index in [0.717, 1.165) is 37.7 Å². The maximum absolute atomic E-state index is 13.7. The Morgan fingerprint density at radius 1 is 1.30 bits per heavy atom. The molecule has 1 N–H and O–H groups in total. The summed E-state index contributed by atoms with van der Waals surface area (Å²) in [5, 5.41) is 3.13. The SMILES string of the molecule is O=C(NCC1(c2cccc(F)c2)CCOCC1)C1CC=CCC1. The summed E-state index contributed by atoms with van der Waals surface area (Å²) in [4.78, 5) is 12.4. The van der Waals surface area contributed by atoms with Crippen LogP contribution >= 0.6 is 0 Å². The first-order chi connectivity index (χ1) is 11.2. The van der Waals surface area contributed by atoms with Crippen molar-refractivity contribution in [2.24, 2.45) is 5.92 Å². The standard InChI is InChI=1S/C19H24FNO2/c20-17-8-4-7-16(13-17)19(9-11-23-12-10-19)14-21-18(22)15-5-2-1-3-6-15/h1-2,4,7-8,13,15H,3,5-6,9-12,14H2,(H,21,22). The van der Waals surface area contributed by atoms with Crippen LogP contribution in [-0.4, -0.2) is 25.7 Å². The second-order valence-electron chi connectivity index (χ2n) is 6.60. The molecule has 1 aliphatic heterocycles. The average Bonchev–Trinajstić information content (AvgIpc) is 2.61. The highest BCUT2D eigenvalue weighted by atomic mass is 19.1. The number of halogens is 1. The fourth-order valence-electron chi connectivity index (χ4n) is 3.58. The van der Waals surface area contributed by atoms with Crippen LogP contribution in [0.3, 0.4) is 0 Å². The van der Waals surface area contributed by atoms with Gasteiger partial charge in [0.25, 0.3) is 0 Å². The molecule has 23 heavy (non-hydrogen) atoms. The number of hydrogen-bond acceptors (Lipinski definition) is 2. The van der Waals surface area contributed by atoms with E-state index < -0.39 is 0 Å². The van der Waals surface area contributed by atoms with Crippen LogP contribution in [0.1, 0.15) is 37.7 Å². The smallest absolute Gasteiger partial charge is 0.223 e. The third-order valence-electron chi connectivity index (χ3n) is 5.13. The third-order valence-corrected chi connectivity index (χ3v) is 5.13. The Morgan fingerprint density at radius 2 is 2.13 bits per heavy atom. The molecular formula is C19H24FNO2. The van der Waals surface area contributed by atoms with Crippen LogP contribution in [0.25, 0.3) is 0 Å². The molecule has 3 rings (SSSR count). The summed E-state index contributed by atoms with van der Waals surface area (Å²) in [6.07, 6.45) is 8.55. The molecule has 124 valence electrons. The Labute approximate surface area is 136 Å². The highest BCUT2D eigenvalue weighted by molar-refractivity contribution is 5.79. The topological polar surface area (TPSA) is 38.3 Å². The zero-order chi connectivity index (χ0) is 16.1. The molecule has 1 aliphatic carbocycles. The summed E-state index contributed by atoms with van der Waals surface area (Å²) in [5.74, 6) is -0.0295. The van der Waals surface area contributed by atoms with Crippen molar-refractivity contribution in [3.63, 3.8) is 0 Å². The number of ether oxygens (including phenoxy) is 1. The molecule has 1 heterocycles. The lowest BCUT2D eigenvalue weighted by atomic mass is 9.74. The van der Waals surface area contributed by atoms with Gasteiger partial charge in [-0.05, 0) is 49.8 Å². The Hall–Kier alpha value is -1.68. The molecule has 1 aromatic rings. The molecule has 1 unspecified atom stereocenters. The molecule has 2 aliphatic rings. The van der Waals surface area contributed by atoms with Gasteiger partial charge in [-0.1, -0.05) is 24.3 Å². The van der Waals surface area contributed by atoms with E-state index in [1.54, 1.807) is 12.1 Å². The van der Waals surface area contributed by atoms with Crippen LogP contribution in [-0.2, 0) is 14.9 Å². The van der Waals surface area contributed by atoms with Gasteiger partial charge in [0.1, 0.15) is 5.82 Å². The lowest BCUT2D eigenvalue weighted by molar-refractivity contribution is -0.125. The Morgan fingerprint density at radius 3 is 2.83 bits per heavy atom. The van der Waals surface area contributed by atoms with Crippen LogP contribution in [0.5, 0.6) is 0 Å². The molecule has 0 bridgehead atoms. The zero-order valence-corrected chi connectivity index (χ0v) is 13.4. The number of rotatable bonds is 4. The quantitative estimate of drug-likeness (QED) is 0.865. The van der Waals surface area contributed by atoms with Gasteiger partial charge in [-0.25, -0.2) is 4.39 Å². The Bertz CT molecular complexity index is 578. The van der Waals surface area contributed by atoms with E-state index in [9.17, 15) is 9.18 Å². The summed E-state index contributed by atoms with van der Waals surface area (Å²) >= 11 is 0. The van der Waals surface area contributed by atoms with Gasteiger partial charge < -0.3 is 10.1 Å². The van der Waals surface area contributed by atoms with Crippen LogP contribution in [0.4, 0.5) is 4.39 Å². The van der Waals surface area contributed by atoms with Gasteiger partial charge in [-0.3, -0.25) is 4.79 Å². The molecule has 0 radical (unpaired) electrons. The van der Waals surface area contributed by atoms with Gasteiger partial charge in [0.05, 0.1) is 0 Å². The van der Waals surface area contributed by atoms with E-state index in [1.165, 1.54) is 6.07 Å². The minimum atomic E-state index is -0.225. The fourth-order valence-corrected chi connectivity index (χ4v) is 3.58. The third kappa shape index (κ3) is 3.81. The number of benzene rings is 1. The summed E-state index contributed by atoms with van der Waals surface area (Å²) in [6.45, 7) is 1.86. The zero-order valence-electron chi connectivity index (χ0n) is 13.4. The lowest BCUT2D eigenvalue weighted by Crippen LogP contribution is -2.46. The van der Waals surface area contributed by atoms with E-state index in [0.29, 0.717) is 19.8 Å². The number of allylic oxidation sites excluding steroid dienone is 2. The molecule has 1 fully saturated rings. The minimum Gasteiger partial charge on any atom is -0.381 e. The number of nitrogens with one attached hydrogen (secondary N) is 1. The molecule has 1 saturated heterocycles. The van der Waals surface area contributed by atoms with Crippen LogP contribution in [0, 0.1) is 11.7 Å². The van der Waals surface area contributed by atoms with Gasteiger partial charge in [0, 0.05) is 31.1 Å². The molecule has 0 aromatic heterocycles. The first kappa shape index (κ1) is 16.2. The highest BCUT2D eigenvalue weighted by Crippen LogP contribution is 2.34. The largest absolute Gasteiger partial charge is 0.381 e. The molecule has 1 aromatic carbocycles. The monoisotopic (exact) mass is 317 g/mol. The van der Waals surface area contributed by atoms with Crippen molar-refractivity contribution in [1.82, 2.24) is 5.32 Å². The number of carbonyl (C=O) groups excluding carboxylic acids is 1. The molecule has 0 spiro atoms. The van der Waals surface area contributed by atoms with Crippen molar-refractivity contribution in [3.05, 3.63) is 47.8 Å². The maximum atomic E-state index is 13.7. The second-order valence-corrected chi connectivity index (χ2v) is 6.60. The van der Waals surface area contributed by atoms with Crippen molar-refractivity contribution < 1.29 is 13.9 Å². The van der Waals surface area contributed by atoms with Crippen LogP contribution in [0.15, 0.2) is 36.4 Å². The van der Waals surface area contributed by atoms with E-state index in [1.807, 2.05) is 6.07 Å². The maximum Gasteiger partial charge on any atom is 0.223 e. The van der Waals surface area contributed by atoms with Gasteiger partial charge in [0.15, 0.2) is 0 Å². The number of amides is 1. The molecule has 1 amide bonds. The first-order valence-electron chi connectivity index (χ1n) is 8.46. The number of hydrogen-bond donors (Lipinski definition) is 1. The first-order valence-corrected chi connectivity index (χ1v) is 8.46. The second kappa shape index (κ2) is 7.26. The fraction of sp³-hybridized carbons (Fsp3) is 0.526. The Balaban J connectivity index is 1.72. The molecular weight excluding hydrogens is 293 g/mol. The average molecular weight is 317 g/mol. The van der Waals surface area contributed by atoms with Crippen molar-refractivity contribution in [3.8, 4) is 0 Å². The minimum absolute atomic E-state index is 0.0735.